The maximum atomic E-state index is 10.0. The van der Waals surface area contributed by atoms with E-state index in [0.717, 1.165) is 0 Å². The molecule has 1 saturated heterocycles. The van der Waals surface area contributed by atoms with Crippen molar-refractivity contribution >= 4 is 11.8 Å². The summed E-state index contributed by atoms with van der Waals surface area (Å²) >= 11 is 0. The minimum atomic E-state index is -0.384. The topological polar surface area (TPSA) is 60.3 Å². The first-order chi connectivity index (χ1) is 11.2. The molecule has 0 spiro atoms. The Hall–Kier alpha value is -2.02. The number of hydrogen-bond donors (Lipinski definition) is 1. The zero-order valence-electron chi connectivity index (χ0n) is 14.3. The van der Waals surface area contributed by atoms with Crippen LogP contribution in [0.25, 0.3) is 16.6 Å². The van der Waals surface area contributed by atoms with Crippen molar-refractivity contribution in [1.82, 2.24) is 5.43 Å². The Balaban J connectivity index is 0.000000304. The molecule has 4 nitrogen and oxygen atoms in total. The van der Waals surface area contributed by atoms with Crippen molar-refractivity contribution in [3.05, 3.63) is 65.6 Å². The van der Waals surface area contributed by atoms with E-state index in [-0.39, 0.29) is 37.1 Å². The maximum absolute atomic E-state index is 10.0. The van der Waals surface area contributed by atoms with Gasteiger partial charge in [-0.15, -0.1) is 0 Å². The van der Waals surface area contributed by atoms with Crippen LogP contribution in [0.4, 0.5) is 0 Å². The molecule has 2 aromatic rings. The van der Waals surface area contributed by atoms with Crippen molar-refractivity contribution in [3.63, 3.8) is 0 Å². The van der Waals surface area contributed by atoms with E-state index in [0.29, 0.717) is 0 Å². The van der Waals surface area contributed by atoms with E-state index < -0.39 is 0 Å². The number of benzene rings is 2. The summed E-state index contributed by atoms with van der Waals surface area (Å²) in [4.78, 5) is 20.0. The molecule has 2 amide bonds. The van der Waals surface area contributed by atoms with Crippen molar-refractivity contribution in [2.24, 2.45) is 0 Å². The first kappa shape index (κ1) is 20.0. The van der Waals surface area contributed by atoms with Crippen molar-refractivity contribution < 1.29 is 28.4 Å². The van der Waals surface area contributed by atoms with Crippen molar-refractivity contribution in [2.75, 3.05) is 0 Å². The number of unbranched alkanes of at least 4 members (excludes halogenated alkanes) is 1. The van der Waals surface area contributed by atoms with Crippen LogP contribution in [0.3, 0.4) is 0 Å². The van der Waals surface area contributed by atoms with Gasteiger partial charge in [0.2, 0.25) is 5.91 Å². The Kier molecular flexibility index (Phi) is 8.92. The Morgan fingerprint density at radius 3 is 2.04 bits per heavy atom. The van der Waals surface area contributed by atoms with Crippen LogP contribution in [-0.4, -0.2) is 11.8 Å². The molecule has 1 heterocycles. The SMILES string of the molecule is CCCCc1ccc(-c2ccccc2)cc1.O=C1CC(=O)N[N-]1.[Li+]. The van der Waals surface area contributed by atoms with Crippen LogP contribution in [0.2, 0.25) is 0 Å². The van der Waals surface area contributed by atoms with E-state index in [9.17, 15) is 9.59 Å². The molecule has 5 heteroatoms. The van der Waals surface area contributed by atoms with Crippen LogP contribution < -0.4 is 24.3 Å². The standard InChI is InChI=1S/C16H18.C3H4N2O2.Li/c1-2-3-7-14-10-12-16(13-11-14)15-8-5-4-6-9-15;6-2-1-3(7)5-4-2;/h4-6,8-13H,2-3,7H2,1H3;1H2,(H2,4,5,6,7);/q;;+1/p-1. The summed E-state index contributed by atoms with van der Waals surface area (Å²) < 4.78 is 0. The first-order valence-electron chi connectivity index (χ1n) is 7.86. The monoisotopic (exact) mass is 316 g/mol. The molecule has 0 bridgehead atoms. The van der Waals surface area contributed by atoms with Crippen LogP contribution in [0.15, 0.2) is 54.6 Å². The molecular formula is C19H21LiN2O2. The van der Waals surface area contributed by atoms with Gasteiger partial charge in [0.15, 0.2) is 0 Å². The molecular weight excluding hydrogens is 295 g/mol. The molecule has 0 saturated carbocycles. The summed E-state index contributed by atoms with van der Waals surface area (Å²) in [5.74, 6) is -0.699. The molecule has 0 atom stereocenters. The molecule has 0 aliphatic carbocycles. The largest absolute Gasteiger partial charge is 1.00 e. The van der Waals surface area contributed by atoms with Gasteiger partial charge < -0.3 is 15.6 Å². The normalized spacial score (nSPS) is 12.4. The molecule has 0 radical (unpaired) electrons. The average Bonchev–Trinajstić information content (AvgIpc) is 2.98. The summed E-state index contributed by atoms with van der Waals surface area (Å²) in [6, 6.07) is 19.5. The van der Waals surface area contributed by atoms with Gasteiger partial charge in [0, 0.05) is 0 Å². The van der Waals surface area contributed by atoms with Crippen LogP contribution in [-0.2, 0) is 16.0 Å². The summed E-state index contributed by atoms with van der Waals surface area (Å²) in [6.07, 6.45) is 3.66. The van der Waals surface area contributed by atoms with Crippen molar-refractivity contribution in [3.8, 4) is 11.1 Å². The quantitative estimate of drug-likeness (QED) is 0.676. The molecule has 120 valence electrons. The van der Waals surface area contributed by atoms with Gasteiger partial charge in [-0.25, -0.2) is 0 Å². The van der Waals surface area contributed by atoms with Gasteiger partial charge in [-0.2, -0.15) is 0 Å². The minimum Gasteiger partial charge on any atom is -0.564 e. The van der Waals surface area contributed by atoms with Gasteiger partial charge in [-0.05, 0) is 29.5 Å². The fourth-order valence-electron chi connectivity index (χ4n) is 2.22. The van der Waals surface area contributed by atoms with Gasteiger partial charge in [0.1, 0.15) is 0 Å². The zero-order chi connectivity index (χ0) is 16.5. The first-order valence-corrected chi connectivity index (χ1v) is 7.86. The van der Waals surface area contributed by atoms with Gasteiger partial charge >= 0.3 is 18.9 Å². The number of carbonyl (C=O) groups excluding carboxylic acids is 2. The van der Waals surface area contributed by atoms with E-state index in [1.165, 1.54) is 36.0 Å². The minimum absolute atomic E-state index is 0. The van der Waals surface area contributed by atoms with Gasteiger partial charge in [0.25, 0.3) is 0 Å². The van der Waals surface area contributed by atoms with Crippen LogP contribution >= 0.6 is 0 Å². The smallest absolute Gasteiger partial charge is 0.564 e. The molecule has 3 rings (SSSR count). The number of hydrogen-bond acceptors (Lipinski definition) is 2. The molecule has 1 fully saturated rings. The average molecular weight is 316 g/mol. The number of carbonyl (C=O) groups is 2. The summed E-state index contributed by atoms with van der Waals surface area (Å²) in [6.45, 7) is 2.23. The number of nitrogens with zero attached hydrogens (tertiary/aromatic N) is 1. The van der Waals surface area contributed by atoms with Crippen LogP contribution in [0.1, 0.15) is 31.7 Å². The summed E-state index contributed by atoms with van der Waals surface area (Å²) in [7, 11) is 0. The molecule has 0 aromatic heterocycles. The molecule has 2 aromatic carbocycles. The predicted octanol–water partition coefficient (Wildman–Crippen LogP) is 1.02. The van der Waals surface area contributed by atoms with Gasteiger partial charge in [0.05, 0.1) is 12.3 Å². The molecule has 0 unspecified atom stereocenters. The number of nitrogens with one attached hydrogen (secondary N) is 1. The zero-order valence-corrected chi connectivity index (χ0v) is 14.3. The summed E-state index contributed by atoms with van der Waals surface area (Å²) in [5.41, 5.74) is 9.13. The van der Waals surface area contributed by atoms with E-state index >= 15 is 0 Å². The fraction of sp³-hybridized carbons (Fsp3) is 0.263. The maximum Gasteiger partial charge on any atom is 1.00 e. The fourth-order valence-corrected chi connectivity index (χ4v) is 2.22. The molecule has 1 N–H and O–H groups in total. The Morgan fingerprint density at radius 2 is 1.58 bits per heavy atom. The molecule has 1 aliphatic heterocycles. The van der Waals surface area contributed by atoms with E-state index in [4.69, 9.17) is 0 Å². The number of amides is 2. The van der Waals surface area contributed by atoms with Crippen LogP contribution in [0, 0.1) is 0 Å². The third-order valence-corrected chi connectivity index (χ3v) is 3.50. The molecule has 24 heavy (non-hydrogen) atoms. The van der Waals surface area contributed by atoms with Gasteiger partial charge in [-0.3, -0.25) is 4.79 Å². The third kappa shape index (κ3) is 6.62. The Morgan fingerprint density at radius 1 is 0.958 bits per heavy atom. The predicted molar refractivity (Wildman–Crippen MR) is 91.6 cm³/mol. The van der Waals surface area contributed by atoms with E-state index in [1.54, 1.807) is 0 Å². The summed E-state index contributed by atoms with van der Waals surface area (Å²) in [5, 5.41) is 0. The second kappa shape index (κ2) is 10.7. The second-order valence-corrected chi connectivity index (χ2v) is 5.38. The number of rotatable bonds is 4. The number of aryl methyl sites for hydroxylation is 1. The third-order valence-electron chi connectivity index (χ3n) is 3.50. The molecule has 1 aliphatic rings. The van der Waals surface area contributed by atoms with E-state index in [2.05, 4.69) is 66.9 Å². The van der Waals surface area contributed by atoms with Crippen molar-refractivity contribution in [2.45, 2.75) is 32.6 Å². The Labute approximate surface area is 155 Å². The van der Waals surface area contributed by atoms with E-state index in [1.807, 2.05) is 5.43 Å². The van der Waals surface area contributed by atoms with Crippen molar-refractivity contribution in [1.29, 1.82) is 0 Å². The second-order valence-electron chi connectivity index (χ2n) is 5.38. The van der Waals surface area contributed by atoms with Gasteiger partial charge in [-0.1, -0.05) is 67.9 Å². The van der Waals surface area contributed by atoms with Crippen LogP contribution in [0.5, 0.6) is 0 Å². The Bertz CT molecular complexity index is 628.